The number of nitrogens with zero attached hydrogens (tertiary/aromatic N) is 5. The van der Waals surface area contributed by atoms with Crippen LogP contribution in [0.5, 0.6) is 0 Å². The third kappa shape index (κ3) is 4.51. The van der Waals surface area contributed by atoms with Gasteiger partial charge in [0.25, 0.3) is 0 Å². The van der Waals surface area contributed by atoms with E-state index in [9.17, 15) is 28.6 Å². The third-order valence-corrected chi connectivity index (χ3v) is 8.66. The number of fused-ring (bicyclic) bond motifs is 2. The molecule has 18 nitrogen and oxygen atoms in total. The van der Waals surface area contributed by atoms with Gasteiger partial charge in [-0.2, -0.15) is 18.6 Å². The molecule has 3 heterocycles. The fraction of sp³-hybridized carbons (Fsp3) is 0.583. The van der Waals surface area contributed by atoms with E-state index in [2.05, 4.69) is 28.1 Å². The number of nitrogens with two attached hydrogens (primary N) is 1. The molecule has 4 rings (SSSR count). The number of alkyl halides is 1. The van der Waals surface area contributed by atoms with Crippen LogP contribution in [-0.4, -0.2) is 82.3 Å². The van der Waals surface area contributed by atoms with Gasteiger partial charge in [-0.3, -0.25) is 9.09 Å². The predicted molar refractivity (Wildman–Crippen MR) is 107 cm³/mol. The zero-order valence-electron chi connectivity index (χ0n) is 17.0. The van der Waals surface area contributed by atoms with Crippen molar-refractivity contribution in [3.63, 3.8) is 0 Å². The Labute approximate surface area is 188 Å². The summed E-state index contributed by atoms with van der Waals surface area (Å²) in [6.07, 6.45) is -6.04. The Kier molecular flexibility index (Phi) is 5.97. The van der Waals surface area contributed by atoms with E-state index in [1.807, 2.05) is 0 Å². The van der Waals surface area contributed by atoms with Crippen LogP contribution in [0.25, 0.3) is 11.2 Å². The Bertz CT molecular complexity index is 1290. The van der Waals surface area contributed by atoms with Crippen LogP contribution in [0.1, 0.15) is 6.23 Å². The van der Waals surface area contributed by atoms with E-state index < -0.39 is 53.7 Å². The molecule has 1 saturated carbocycles. The van der Waals surface area contributed by atoms with Crippen molar-refractivity contribution >= 4 is 46.4 Å². The van der Waals surface area contributed by atoms with E-state index in [-0.39, 0.29) is 17.1 Å². The molecule has 0 radical (unpaired) electrons. The molecular weight excluding hydrogens is 532 g/mol. The van der Waals surface area contributed by atoms with E-state index in [1.54, 1.807) is 19.0 Å². The van der Waals surface area contributed by atoms with Crippen molar-refractivity contribution in [2.45, 2.75) is 30.2 Å². The SMILES string of the molecule is CN(C)c1nc(N)nc2c1ncn2[C@@H]1O[C@@H]2C(OP(=O)(O)OP(=O)(O)OP(=O)(O)O)[C@]2(O)[C@H]1F. The molecule has 34 heavy (non-hydrogen) atoms. The van der Waals surface area contributed by atoms with Gasteiger partial charge in [-0.1, -0.05) is 0 Å². The van der Waals surface area contributed by atoms with Crippen LogP contribution in [0.15, 0.2) is 6.33 Å². The Morgan fingerprint density at radius 1 is 1.18 bits per heavy atom. The highest BCUT2D eigenvalue weighted by atomic mass is 31.3. The lowest BCUT2D eigenvalue weighted by atomic mass is 10.2. The quantitative estimate of drug-likeness (QED) is 0.219. The van der Waals surface area contributed by atoms with Gasteiger partial charge in [-0.05, 0) is 0 Å². The number of halogens is 1. The predicted octanol–water partition coefficient (Wildman–Crippen LogP) is -0.833. The molecule has 0 amide bonds. The molecular formula is C12H18FN6O12P3. The molecule has 2 fully saturated rings. The van der Waals surface area contributed by atoms with Gasteiger partial charge in [0.2, 0.25) is 5.95 Å². The average Bonchev–Trinajstić information content (AvgIpc) is 2.93. The number of rotatable bonds is 8. The van der Waals surface area contributed by atoms with Gasteiger partial charge < -0.3 is 40.1 Å². The van der Waals surface area contributed by atoms with Crippen LogP contribution in [0.2, 0.25) is 0 Å². The molecule has 0 bridgehead atoms. The molecule has 0 spiro atoms. The summed E-state index contributed by atoms with van der Waals surface area (Å²) in [6.45, 7) is 0. The molecule has 7 atom stereocenters. The molecule has 7 N–H and O–H groups in total. The summed E-state index contributed by atoms with van der Waals surface area (Å²) in [5, 5.41) is 10.6. The second-order valence-electron chi connectivity index (χ2n) is 7.48. The topological polar surface area (TPSA) is 262 Å². The number of ether oxygens (including phenoxy) is 1. The summed E-state index contributed by atoms with van der Waals surface area (Å²) in [5.41, 5.74) is 3.52. The largest absolute Gasteiger partial charge is 0.490 e. The number of aliphatic hydroxyl groups is 1. The van der Waals surface area contributed by atoms with Gasteiger partial charge in [0.1, 0.15) is 12.2 Å². The number of phosphoric acid groups is 3. The Balaban J connectivity index is 1.52. The Morgan fingerprint density at radius 3 is 2.35 bits per heavy atom. The van der Waals surface area contributed by atoms with Crippen LogP contribution >= 0.6 is 23.5 Å². The van der Waals surface area contributed by atoms with Crippen molar-refractivity contribution in [3.05, 3.63) is 6.33 Å². The second-order valence-corrected chi connectivity index (χ2v) is 11.8. The highest BCUT2D eigenvalue weighted by Crippen LogP contribution is 2.69. The van der Waals surface area contributed by atoms with E-state index in [0.29, 0.717) is 5.82 Å². The fourth-order valence-corrected chi connectivity index (χ4v) is 6.70. The van der Waals surface area contributed by atoms with Gasteiger partial charge in [-0.15, -0.1) is 0 Å². The zero-order valence-corrected chi connectivity index (χ0v) is 19.7. The normalized spacial score (nSPS) is 32.2. The Morgan fingerprint density at radius 2 is 1.82 bits per heavy atom. The molecule has 2 aromatic rings. The van der Waals surface area contributed by atoms with Crippen molar-refractivity contribution in [1.29, 1.82) is 0 Å². The lowest BCUT2D eigenvalue weighted by molar-refractivity contribution is -0.0597. The van der Waals surface area contributed by atoms with E-state index in [4.69, 9.17) is 20.3 Å². The number of phosphoric ester groups is 1. The second kappa shape index (κ2) is 7.96. The molecule has 1 aliphatic heterocycles. The van der Waals surface area contributed by atoms with Gasteiger partial charge in [0, 0.05) is 14.1 Å². The van der Waals surface area contributed by atoms with Crippen LogP contribution in [0.3, 0.4) is 0 Å². The summed E-state index contributed by atoms with van der Waals surface area (Å²) < 4.78 is 67.5. The summed E-state index contributed by atoms with van der Waals surface area (Å²) in [7, 11) is -13.7. The first kappa shape index (κ1) is 25.5. The maximum Gasteiger partial charge on any atom is 0.490 e. The lowest BCUT2D eigenvalue weighted by Crippen LogP contribution is -2.34. The maximum absolute atomic E-state index is 15.2. The van der Waals surface area contributed by atoms with Crippen molar-refractivity contribution < 1.29 is 60.6 Å². The van der Waals surface area contributed by atoms with Crippen molar-refractivity contribution in [2.24, 2.45) is 0 Å². The van der Waals surface area contributed by atoms with E-state index in [1.165, 1.54) is 0 Å². The number of imidazole rings is 1. The molecule has 1 aliphatic carbocycles. The summed E-state index contributed by atoms with van der Waals surface area (Å²) in [4.78, 5) is 49.6. The van der Waals surface area contributed by atoms with Gasteiger partial charge in [-0.25, -0.2) is 23.1 Å². The zero-order chi connectivity index (χ0) is 25.4. The minimum atomic E-state index is -5.79. The maximum atomic E-state index is 15.2. The number of anilines is 2. The first-order valence-corrected chi connectivity index (χ1v) is 13.5. The fourth-order valence-electron chi connectivity index (χ4n) is 3.48. The molecule has 2 aliphatic rings. The summed E-state index contributed by atoms with van der Waals surface area (Å²) in [5.74, 6) is 0.171. The minimum Gasteiger partial charge on any atom is -0.381 e. The van der Waals surface area contributed by atoms with Crippen molar-refractivity contribution in [1.82, 2.24) is 19.5 Å². The number of nitrogen functional groups attached to an aromatic ring is 1. The monoisotopic (exact) mass is 550 g/mol. The van der Waals surface area contributed by atoms with Gasteiger partial charge in [0.15, 0.2) is 35.0 Å². The smallest absolute Gasteiger partial charge is 0.381 e. The van der Waals surface area contributed by atoms with Crippen LogP contribution in [-0.2, 0) is 31.6 Å². The number of hydrogen-bond donors (Lipinski definition) is 6. The van der Waals surface area contributed by atoms with Crippen LogP contribution in [0, 0.1) is 0 Å². The van der Waals surface area contributed by atoms with Crippen LogP contribution < -0.4 is 10.6 Å². The lowest BCUT2D eigenvalue weighted by Gasteiger charge is -2.23. The molecule has 22 heteroatoms. The molecule has 1 saturated heterocycles. The highest BCUT2D eigenvalue weighted by Gasteiger charge is 2.80. The minimum absolute atomic E-state index is 0.0678. The molecule has 0 aromatic carbocycles. The van der Waals surface area contributed by atoms with E-state index in [0.717, 1.165) is 10.9 Å². The van der Waals surface area contributed by atoms with Gasteiger partial charge >= 0.3 is 23.5 Å². The first-order valence-electron chi connectivity index (χ1n) is 8.97. The molecule has 3 unspecified atom stereocenters. The van der Waals surface area contributed by atoms with Crippen molar-refractivity contribution in [3.8, 4) is 0 Å². The Hall–Kier alpha value is -1.59. The van der Waals surface area contributed by atoms with Gasteiger partial charge in [0.05, 0.1) is 6.33 Å². The van der Waals surface area contributed by atoms with Crippen molar-refractivity contribution in [2.75, 3.05) is 24.7 Å². The molecule has 2 aromatic heterocycles. The highest BCUT2D eigenvalue weighted by molar-refractivity contribution is 7.66. The van der Waals surface area contributed by atoms with E-state index >= 15 is 4.39 Å². The first-order chi connectivity index (χ1) is 15.5. The standard InChI is InChI=1S/C12H18FN6O12P3/c1-18(2)8-4-9(17-11(14)16-8)19(3-15-4)10-5(13)12(20)6(28-10)7(12)29-33(24,25)31-34(26,27)30-32(21,22)23/h3,5-7,10,20H,1-2H3,(H,24,25)(H,26,27)(H2,14,16,17)(H2,21,22,23)/t5-,6+,7?,10+,12-/m0/s1. The summed E-state index contributed by atoms with van der Waals surface area (Å²) >= 11 is 0. The average molecular weight is 550 g/mol. The molecule has 190 valence electrons. The number of hydrogen-bond acceptors (Lipinski definition) is 13. The summed E-state index contributed by atoms with van der Waals surface area (Å²) in [6, 6.07) is 0. The number of aromatic nitrogens is 4. The van der Waals surface area contributed by atoms with Crippen LogP contribution in [0.4, 0.5) is 16.2 Å². The third-order valence-electron chi connectivity index (χ3n) is 4.84.